The summed E-state index contributed by atoms with van der Waals surface area (Å²) >= 11 is 0. The van der Waals surface area contributed by atoms with E-state index < -0.39 is 22.4 Å². The highest BCUT2D eigenvalue weighted by atomic mass is 19.4. The molecule has 0 N–H and O–H groups in total. The molecular formula is C21H20F3N3O3. The summed E-state index contributed by atoms with van der Waals surface area (Å²) in [5.74, 6) is 0.105. The van der Waals surface area contributed by atoms with Crippen LogP contribution in [-0.2, 0) is 6.18 Å². The molecule has 0 aromatic heterocycles. The summed E-state index contributed by atoms with van der Waals surface area (Å²) in [5, 5.41) is 11.0. The Morgan fingerprint density at radius 2 is 1.87 bits per heavy atom. The quantitative estimate of drug-likeness (QED) is 0.376. The standard InChI is InChI=1S/C21H20F3N3O3/c22-21(23,24)16-7-5-8-17(13-16)26(20-10-2-1-3-11-25-20)14-19(28)15-6-4-9-18(12-15)27(29)30/h4-9,12-13H,1-3,10-11,14H2. The molecule has 0 fully saturated rings. The van der Waals surface area contributed by atoms with Gasteiger partial charge in [-0.3, -0.25) is 19.9 Å². The highest BCUT2D eigenvalue weighted by molar-refractivity contribution is 6.07. The number of rotatable bonds is 5. The van der Waals surface area contributed by atoms with Crippen molar-refractivity contribution in [3.8, 4) is 0 Å². The number of alkyl halides is 3. The minimum Gasteiger partial charge on any atom is -0.322 e. The van der Waals surface area contributed by atoms with E-state index in [9.17, 15) is 28.1 Å². The molecule has 2 aromatic rings. The largest absolute Gasteiger partial charge is 0.416 e. The van der Waals surface area contributed by atoms with Crippen LogP contribution in [0, 0.1) is 10.1 Å². The third-order valence-electron chi connectivity index (χ3n) is 4.83. The summed E-state index contributed by atoms with van der Waals surface area (Å²) < 4.78 is 39.6. The Labute approximate surface area is 171 Å². The molecule has 0 atom stereocenters. The molecule has 30 heavy (non-hydrogen) atoms. The summed E-state index contributed by atoms with van der Waals surface area (Å²) in [6, 6.07) is 10.1. The van der Waals surface area contributed by atoms with E-state index in [0.29, 0.717) is 18.8 Å². The zero-order chi connectivity index (χ0) is 21.7. The number of amidine groups is 1. The number of halogens is 3. The number of nitro groups is 1. The fourth-order valence-electron chi connectivity index (χ4n) is 3.29. The first kappa shape index (κ1) is 21.5. The van der Waals surface area contributed by atoms with Gasteiger partial charge in [-0.2, -0.15) is 13.2 Å². The van der Waals surface area contributed by atoms with Crippen LogP contribution in [0.1, 0.15) is 41.6 Å². The van der Waals surface area contributed by atoms with E-state index in [1.54, 1.807) is 0 Å². The number of carbonyl (C=O) groups is 1. The third-order valence-corrected chi connectivity index (χ3v) is 4.83. The van der Waals surface area contributed by atoms with Crippen molar-refractivity contribution in [2.75, 3.05) is 18.0 Å². The summed E-state index contributed by atoms with van der Waals surface area (Å²) in [4.78, 5) is 29.2. The number of anilines is 1. The number of ketones is 1. The average Bonchev–Trinajstić information content (AvgIpc) is 3.01. The van der Waals surface area contributed by atoms with E-state index in [0.717, 1.165) is 31.4 Å². The maximum absolute atomic E-state index is 13.2. The van der Waals surface area contributed by atoms with Crippen LogP contribution in [0.3, 0.4) is 0 Å². The molecule has 0 bridgehead atoms. The van der Waals surface area contributed by atoms with Gasteiger partial charge >= 0.3 is 6.18 Å². The molecule has 1 aliphatic heterocycles. The molecule has 0 spiro atoms. The lowest BCUT2D eigenvalue weighted by molar-refractivity contribution is -0.384. The van der Waals surface area contributed by atoms with Gasteiger partial charge in [-0.1, -0.05) is 24.6 Å². The number of Topliss-reactive ketones (excluding diaryl/α,β-unsaturated/α-hetero) is 1. The van der Waals surface area contributed by atoms with Crippen LogP contribution in [0.2, 0.25) is 0 Å². The number of nitrogens with zero attached hydrogens (tertiary/aromatic N) is 3. The van der Waals surface area contributed by atoms with Gasteiger partial charge in [0.05, 0.1) is 17.0 Å². The molecule has 6 nitrogen and oxygen atoms in total. The second-order valence-corrected chi connectivity index (χ2v) is 6.97. The molecule has 2 aromatic carbocycles. The van der Waals surface area contributed by atoms with Crippen molar-refractivity contribution in [2.45, 2.75) is 31.9 Å². The van der Waals surface area contributed by atoms with E-state index in [4.69, 9.17) is 0 Å². The van der Waals surface area contributed by atoms with Crippen molar-refractivity contribution in [1.82, 2.24) is 0 Å². The van der Waals surface area contributed by atoms with Crippen LogP contribution in [0.5, 0.6) is 0 Å². The fourth-order valence-corrected chi connectivity index (χ4v) is 3.29. The number of benzene rings is 2. The van der Waals surface area contributed by atoms with Crippen LogP contribution >= 0.6 is 0 Å². The first-order valence-electron chi connectivity index (χ1n) is 9.51. The van der Waals surface area contributed by atoms with E-state index in [-0.39, 0.29) is 23.5 Å². The number of non-ortho nitro benzene ring substituents is 1. The van der Waals surface area contributed by atoms with Crippen molar-refractivity contribution in [3.63, 3.8) is 0 Å². The van der Waals surface area contributed by atoms with Crippen molar-refractivity contribution < 1.29 is 22.9 Å². The Bertz CT molecular complexity index is 973. The predicted octanol–water partition coefficient (Wildman–Crippen LogP) is 5.28. The van der Waals surface area contributed by atoms with Crippen LogP contribution in [0.15, 0.2) is 53.5 Å². The second kappa shape index (κ2) is 9.06. The van der Waals surface area contributed by atoms with Gasteiger partial charge in [0.25, 0.3) is 5.69 Å². The molecule has 0 radical (unpaired) electrons. The Morgan fingerprint density at radius 1 is 1.10 bits per heavy atom. The van der Waals surface area contributed by atoms with Gasteiger partial charge in [-0.05, 0) is 31.0 Å². The van der Waals surface area contributed by atoms with Crippen molar-refractivity contribution in [2.24, 2.45) is 4.99 Å². The molecule has 3 rings (SSSR count). The average molecular weight is 419 g/mol. The second-order valence-electron chi connectivity index (χ2n) is 6.97. The maximum Gasteiger partial charge on any atom is 0.416 e. The van der Waals surface area contributed by atoms with Gasteiger partial charge in [-0.15, -0.1) is 0 Å². The molecule has 0 saturated heterocycles. The van der Waals surface area contributed by atoms with E-state index >= 15 is 0 Å². The molecule has 0 amide bonds. The van der Waals surface area contributed by atoms with Crippen LogP contribution < -0.4 is 4.90 Å². The van der Waals surface area contributed by atoms with Crippen LogP contribution in [0.4, 0.5) is 24.5 Å². The lowest BCUT2D eigenvalue weighted by Gasteiger charge is -2.26. The number of hydrogen-bond donors (Lipinski definition) is 0. The predicted molar refractivity (Wildman–Crippen MR) is 107 cm³/mol. The smallest absolute Gasteiger partial charge is 0.322 e. The Balaban J connectivity index is 1.96. The molecule has 158 valence electrons. The van der Waals surface area contributed by atoms with Crippen LogP contribution in [0.25, 0.3) is 0 Å². The van der Waals surface area contributed by atoms with Gasteiger partial charge in [0.2, 0.25) is 0 Å². The maximum atomic E-state index is 13.2. The van der Waals surface area contributed by atoms with E-state index in [2.05, 4.69) is 4.99 Å². The molecule has 1 aliphatic rings. The normalized spacial score (nSPS) is 14.6. The Morgan fingerprint density at radius 3 is 2.60 bits per heavy atom. The highest BCUT2D eigenvalue weighted by Crippen LogP contribution is 2.32. The lowest BCUT2D eigenvalue weighted by atomic mass is 10.1. The summed E-state index contributed by atoms with van der Waals surface area (Å²) in [6.45, 7) is 0.275. The first-order chi connectivity index (χ1) is 14.3. The van der Waals surface area contributed by atoms with Gasteiger partial charge < -0.3 is 4.90 Å². The molecule has 0 saturated carbocycles. The van der Waals surface area contributed by atoms with Gasteiger partial charge in [0.1, 0.15) is 5.84 Å². The SMILES string of the molecule is O=C(CN(C1=NCCCCC1)c1cccc(C(F)(F)F)c1)c1cccc([N+](=O)[O-])c1. The number of hydrogen-bond acceptors (Lipinski definition) is 5. The van der Waals surface area contributed by atoms with Gasteiger partial charge in [0, 0.05) is 36.3 Å². The van der Waals surface area contributed by atoms with Crippen molar-refractivity contribution >= 4 is 23.0 Å². The van der Waals surface area contributed by atoms with Crippen molar-refractivity contribution in [3.05, 3.63) is 69.8 Å². The Kier molecular flexibility index (Phi) is 6.49. The van der Waals surface area contributed by atoms with Gasteiger partial charge in [0.15, 0.2) is 5.78 Å². The minimum atomic E-state index is -4.52. The van der Waals surface area contributed by atoms with E-state index in [1.807, 2.05) is 0 Å². The zero-order valence-electron chi connectivity index (χ0n) is 16.1. The fraction of sp³-hybridized carbons (Fsp3) is 0.333. The number of aliphatic imine (C=N–C) groups is 1. The lowest BCUT2D eigenvalue weighted by Crippen LogP contribution is -2.36. The monoisotopic (exact) mass is 419 g/mol. The number of nitro benzene ring substituents is 1. The molecule has 0 unspecified atom stereocenters. The summed E-state index contributed by atoms with van der Waals surface area (Å²) in [6.07, 6.45) is -1.34. The zero-order valence-corrected chi connectivity index (χ0v) is 16.1. The molecule has 0 aliphatic carbocycles. The van der Waals surface area contributed by atoms with Gasteiger partial charge in [-0.25, -0.2) is 0 Å². The topological polar surface area (TPSA) is 75.8 Å². The molecule has 1 heterocycles. The van der Waals surface area contributed by atoms with E-state index in [1.165, 1.54) is 41.3 Å². The number of carbonyl (C=O) groups excluding carboxylic acids is 1. The molecular weight excluding hydrogens is 399 g/mol. The minimum absolute atomic E-state index is 0.121. The van der Waals surface area contributed by atoms with Crippen LogP contribution in [-0.4, -0.2) is 29.6 Å². The first-order valence-corrected chi connectivity index (χ1v) is 9.51. The van der Waals surface area contributed by atoms with Crippen molar-refractivity contribution in [1.29, 1.82) is 0 Å². The molecule has 9 heteroatoms. The Hall–Kier alpha value is -3.23. The summed E-state index contributed by atoms with van der Waals surface area (Å²) in [5.41, 5.74) is -0.708. The third kappa shape index (κ3) is 5.22. The highest BCUT2D eigenvalue weighted by Gasteiger charge is 2.31. The summed E-state index contributed by atoms with van der Waals surface area (Å²) in [7, 11) is 0.